The minimum absolute atomic E-state index is 1.22. The maximum Gasteiger partial charge on any atom is -0.00201 e. The van der Waals surface area contributed by atoms with Crippen molar-refractivity contribution in [2.75, 3.05) is 0 Å². The van der Waals surface area contributed by atoms with Gasteiger partial charge in [-0.15, -0.1) is 0 Å². The first-order valence-corrected chi connectivity index (χ1v) is 15.2. The average Bonchev–Trinajstić information content (AvgIpc) is 3.11. The molecule has 0 saturated carbocycles. The summed E-state index contributed by atoms with van der Waals surface area (Å²) in [4.78, 5) is 0. The molecule has 8 rings (SSSR count). The van der Waals surface area contributed by atoms with Crippen molar-refractivity contribution in [3.8, 4) is 55.6 Å². The largest absolute Gasteiger partial charge is 0.0622 e. The van der Waals surface area contributed by atoms with Gasteiger partial charge in [0.15, 0.2) is 0 Å². The van der Waals surface area contributed by atoms with E-state index in [1.807, 2.05) is 0 Å². The molecule has 0 unspecified atom stereocenters. The second kappa shape index (κ2) is 11.2. The molecule has 0 heterocycles. The summed E-state index contributed by atoms with van der Waals surface area (Å²) in [5.41, 5.74) is 12.4. The third-order valence-electron chi connectivity index (χ3n) is 8.69. The fourth-order valence-corrected chi connectivity index (χ4v) is 6.73. The lowest BCUT2D eigenvalue weighted by Crippen LogP contribution is -1.93. The standard InChI is InChI=1S/C44H30/c1-4-16-31(17-5-1)35-22-10-11-23-37(35)44-40-26-14-12-24-38(40)43(39-25-13-15-27-41(39)44)34-28-29-36(32-18-6-2-7-19-32)42(30-34)33-20-8-3-9-21-33/h1-30H. The van der Waals surface area contributed by atoms with E-state index in [0.717, 1.165) is 0 Å². The van der Waals surface area contributed by atoms with Crippen molar-refractivity contribution in [3.63, 3.8) is 0 Å². The summed E-state index contributed by atoms with van der Waals surface area (Å²) in [5.74, 6) is 0. The first kappa shape index (κ1) is 25.9. The van der Waals surface area contributed by atoms with Crippen LogP contribution in [-0.2, 0) is 0 Å². The second-order valence-electron chi connectivity index (χ2n) is 11.2. The van der Waals surface area contributed by atoms with E-state index in [1.54, 1.807) is 0 Å². The Hall–Kier alpha value is -5.72. The SMILES string of the molecule is c1ccc(-c2ccc(-c3c4ccccc4c(-c4ccccc4-c4ccccc4)c4ccccc34)cc2-c2ccccc2)cc1. The minimum Gasteiger partial charge on any atom is -0.0622 e. The van der Waals surface area contributed by atoms with Gasteiger partial charge in [0.1, 0.15) is 0 Å². The highest BCUT2D eigenvalue weighted by molar-refractivity contribution is 6.22. The Bertz CT molecular complexity index is 2190. The molecule has 0 bridgehead atoms. The second-order valence-corrected chi connectivity index (χ2v) is 11.2. The topological polar surface area (TPSA) is 0 Å². The van der Waals surface area contributed by atoms with Crippen molar-refractivity contribution < 1.29 is 0 Å². The van der Waals surface area contributed by atoms with Crippen molar-refractivity contribution in [2.24, 2.45) is 0 Å². The van der Waals surface area contributed by atoms with Gasteiger partial charge in [-0.1, -0.05) is 176 Å². The van der Waals surface area contributed by atoms with Gasteiger partial charge in [0.05, 0.1) is 0 Å². The zero-order valence-corrected chi connectivity index (χ0v) is 24.3. The van der Waals surface area contributed by atoms with Crippen LogP contribution in [0.1, 0.15) is 0 Å². The summed E-state index contributed by atoms with van der Waals surface area (Å²) in [6.07, 6.45) is 0. The average molecular weight is 559 g/mol. The minimum atomic E-state index is 1.22. The van der Waals surface area contributed by atoms with E-state index in [-0.39, 0.29) is 0 Å². The van der Waals surface area contributed by atoms with E-state index in [9.17, 15) is 0 Å². The summed E-state index contributed by atoms with van der Waals surface area (Å²) in [7, 11) is 0. The van der Waals surface area contributed by atoms with Crippen LogP contribution in [0, 0.1) is 0 Å². The molecule has 0 N–H and O–H groups in total. The Morgan fingerprint density at radius 1 is 0.205 bits per heavy atom. The van der Waals surface area contributed by atoms with Crippen molar-refractivity contribution in [2.45, 2.75) is 0 Å². The zero-order chi connectivity index (χ0) is 29.3. The van der Waals surface area contributed by atoms with Crippen LogP contribution in [0.25, 0.3) is 77.2 Å². The molecule has 0 spiro atoms. The first-order valence-electron chi connectivity index (χ1n) is 15.2. The summed E-state index contributed by atoms with van der Waals surface area (Å²) in [6.45, 7) is 0. The summed E-state index contributed by atoms with van der Waals surface area (Å²) in [6, 6.07) is 65.9. The third-order valence-corrected chi connectivity index (χ3v) is 8.69. The van der Waals surface area contributed by atoms with Crippen LogP contribution in [0.4, 0.5) is 0 Å². The van der Waals surface area contributed by atoms with Crippen LogP contribution in [0.2, 0.25) is 0 Å². The molecule has 0 fully saturated rings. The Morgan fingerprint density at radius 3 is 1.07 bits per heavy atom. The van der Waals surface area contributed by atoms with Gasteiger partial charge < -0.3 is 0 Å². The number of rotatable bonds is 5. The molecule has 0 nitrogen and oxygen atoms in total. The van der Waals surface area contributed by atoms with Crippen LogP contribution in [0.15, 0.2) is 182 Å². The molecule has 0 aliphatic carbocycles. The Labute approximate surface area is 258 Å². The summed E-state index contributed by atoms with van der Waals surface area (Å²) >= 11 is 0. The Kier molecular flexibility index (Phi) is 6.59. The van der Waals surface area contributed by atoms with Gasteiger partial charge in [-0.25, -0.2) is 0 Å². The van der Waals surface area contributed by atoms with Gasteiger partial charge in [-0.3, -0.25) is 0 Å². The fraction of sp³-hybridized carbons (Fsp3) is 0. The van der Waals surface area contributed by atoms with E-state index in [0.29, 0.717) is 0 Å². The zero-order valence-electron chi connectivity index (χ0n) is 24.3. The molecule has 8 aromatic rings. The highest BCUT2D eigenvalue weighted by Crippen LogP contribution is 2.47. The molecule has 0 aromatic heterocycles. The van der Waals surface area contributed by atoms with Crippen LogP contribution >= 0.6 is 0 Å². The van der Waals surface area contributed by atoms with Crippen molar-refractivity contribution >= 4 is 21.5 Å². The maximum atomic E-state index is 2.39. The lowest BCUT2D eigenvalue weighted by Gasteiger charge is -2.20. The lowest BCUT2D eigenvalue weighted by molar-refractivity contribution is 1.57. The molecule has 0 amide bonds. The molecular formula is C44H30. The van der Waals surface area contributed by atoms with Crippen molar-refractivity contribution in [3.05, 3.63) is 182 Å². The normalized spacial score (nSPS) is 11.2. The third kappa shape index (κ3) is 4.49. The van der Waals surface area contributed by atoms with Gasteiger partial charge in [-0.05, 0) is 83.2 Å². The van der Waals surface area contributed by atoms with E-state index in [2.05, 4.69) is 182 Å². The molecule has 44 heavy (non-hydrogen) atoms. The van der Waals surface area contributed by atoms with Crippen LogP contribution < -0.4 is 0 Å². The Morgan fingerprint density at radius 2 is 0.568 bits per heavy atom. The van der Waals surface area contributed by atoms with E-state index in [1.165, 1.54) is 77.2 Å². The van der Waals surface area contributed by atoms with Gasteiger partial charge >= 0.3 is 0 Å². The quantitative estimate of drug-likeness (QED) is 0.184. The number of hydrogen-bond donors (Lipinski definition) is 0. The van der Waals surface area contributed by atoms with E-state index >= 15 is 0 Å². The molecule has 206 valence electrons. The molecule has 8 aromatic carbocycles. The summed E-state index contributed by atoms with van der Waals surface area (Å²) < 4.78 is 0. The highest BCUT2D eigenvalue weighted by Gasteiger charge is 2.19. The Balaban J connectivity index is 1.44. The van der Waals surface area contributed by atoms with Crippen molar-refractivity contribution in [1.82, 2.24) is 0 Å². The maximum absolute atomic E-state index is 2.39. The van der Waals surface area contributed by atoms with Crippen molar-refractivity contribution in [1.29, 1.82) is 0 Å². The van der Waals surface area contributed by atoms with E-state index < -0.39 is 0 Å². The molecule has 0 saturated heterocycles. The van der Waals surface area contributed by atoms with Crippen LogP contribution in [0.3, 0.4) is 0 Å². The number of hydrogen-bond acceptors (Lipinski definition) is 0. The van der Waals surface area contributed by atoms with Gasteiger partial charge in [0.25, 0.3) is 0 Å². The predicted octanol–water partition coefficient (Wildman–Crippen LogP) is 12.3. The smallest absolute Gasteiger partial charge is 0.00201 e. The first-order chi connectivity index (χ1) is 21.9. The van der Waals surface area contributed by atoms with Gasteiger partial charge in [0, 0.05) is 0 Å². The predicted molar refractivity (Wildman–Crippen MR) is 189 cm³/mol. The van der Waals surface area contributed by atoms with E-state index in [4.69, 9.17) is 0 Å². The van der Waals surface area contributed by atoms with Gasteiger partial charge in [0.2, 0.25) is 0 Å². The summed E-state index contributed by atoms with van der Waals surface area (Å²) in [5, 5.41) is 5.04. The van der Waals surface area contributed by atoms with Crippen LogP contribution in [-0.4, -0.2) is 0 Å². The highest BCUT2D eigenvalue weighted by atomic mass is 14.2. The number of fused-ring (bicyclic) bond motifs is 2. The monoisotopic (exact) mass is 558 g/mol. The fourth-order valence-electron chi connectivity index (χ4n) is 6.73. The molecule has 0 aliphatic heterocycles. The number of benzene rings is 8. The van der Waals surface area contributed by atoms with Crippen LogP contribution in [0.5, 0.6) is 0 Å². The lowest BCUT2D eigenvalue weighted by atomic mass is 9.83. The molecule has 0 atom stereocenters. The molecule has 0 heteroatoms. The van der Waals surface area contributed by atoms with Gasteiger partial charge in [-0.2, -0.15) is 0 Å². The molecule has 0 radical (unpaired) electrons. The molecule has 0 aliphatic rings. The molecular weight excluding hydrogens is 528 g/mol.